The number of carboxylic acids is 1. The van der Waals surface area contributed by atoms with Crippen LogP contribution in [0.5, 0.6) is 0 Å². The Kier molecular flexibility index (Phi) is 2.84. The molecule has 70 valence electrons. The fourth-order valence-electron chi connectivity index (χ4n) is 1.13. The number of aliphatic carboxylic acids is 1. The molecule has 4 nitrogen and oxygen atoms in total. The predicted octanol–water partition coefficient (Wildman–Crippen LogP) is 0.763. The van der Waals surface area contributed by atoms with Gasteiger partial charge >= 0.3 is 5.97 Å². The first kappa shape index (κ1) is 9.51. The first-order valence-electron chi connectivity index (χ1n) is 4.01. The van der Waals surface area contributed by atoms with E-state index in [1.165, 1.54) is 11.0 Å². The highest BCUT2D eigenvalue weighted by Gasteiger charge is 2.17. The van der Waals surface area contributed by atoms with Crippen molar-refractivity contribution in [1.82, 2.24) is 4.90 Å². The summed E-state index contributed by atoms with van der Waals surface area (Å²) in [5.41, 5.74) is 0.635. The molecule has 0 unspecified atom stereocenters. The largest absolute Gasteiger partial charge is 0.481 e. The lowest BCUT2D eigenvalue weighted by molar-refractivity contribution is -0.137. The minimum Gasteiger partial charge on any atom is -0.481 e. The van der Waals surface area contributed by atoms with Crippen molar-refractivity contribution in [3.05, 3.63) is 24.4 Å². The molecule has 13 heavy (non-hydrogen) atoms. The summed E-state index contributed by atoms with van der Waals surface area (Å²) in [5, 5.41) is 8.38. The van der Waals surface area contributed by atoms with Gasteiger partial charge in [-0.15, -0.1) is 0 Å². The fraction of sp³-hybridized carbons (Fsp3) is 0.333. The van der Waals surface area contributed by atoms with Crippen molar-refractivity contribution in [2.75, 3.05) is 6.54 Å². The standard InChI is InChI=1S/C9H11NO3/c1-7-4-5-8(11)10(7)6-2-3-9(12)13/h4-5H,1-3,6H2,(H,12,13). The molecule has 1 heterocycles. The normalized spacial score (nSPS) is 15.5. The topological polar surface area (TPSA) is 57.6 Å². The average molecular weight is 181 g/mol. The Morgan fingerprint density at radius 3 is 2.69 bits per heavy atom. The maximum atomic E-state index is 11.1. The molecule has 1 aliphatic rings. The SMILES string of the molecule is C=C1C=CC(=O)N1CCCC(=O)O. The highest BCUT2D eigenvalue weighted by molar-refractivity contribution is 5.93. The monoisotopic (exact) mass is 181 g/mol. The summed E-state index contributed by atoms with van der Waals surface area (Å²) in [5.74, 6) is -0.958. The van der Waals surface area contributed by atoms with Crippen molar-refractivity contribution in [3.63, 3.8) is 0 Å². The Morgan fingerprint density at radius 2 is 2.23 bits per heavy atom. The molecule has 0 atom stereocenters. The number of rotatable bonds is 4. The zero-order valence-electron chi connectivity index (χ0n) is 7.19. The molecule has 0 aromatic carbocycles. The Labute approximate surface area is 76.2 Å². The number of carboxylic acid groups (broad SMARTS) is 1. The van der Waals surface area contributed by atoms with Gasteiger partial charge in [0.1, 0.15) is 0 Å². The van der Waals surface area contributed by atoms with Gasteiger partial charge in [-0.05, 0) is 12.5 Å². The third kappa shape index (κ3) is 2.43. The predicted molar refractivity (Wildman–Crippen MR) is 46.9 cm³/mol. The van der Waals surface area contributed by atoms with Crippen molar-refractivity contribution >= 4 is 11.9 Å². The molecule has 0 aliphatic carbocycles. The highest BCUT2D eigenvalue weighted by atomic mass is 16.4. The van der Waals surface area contributed by atoms with Crippen molar-refractivity contribution in [3.8, 4) is 0 Å². The van der Waals surface area contributed by atoms with Crippen LogP contribution in [-0.2, 0) is 9.59 Å². The smallest absolute Gasteiger partial charge is 0.303 e. The highest BCUT2D eigenvalue weighted by Crippen LogP contribution is 2.13. The number of carbonyl (C=O) groups is 2. The minimum atomic E-state index is -0.842. The molecule has 0 fully saturated rings. The van der Waals surface area contributed by atoms with Crippen molar-refractivity contribution in [2.45, 2.75) is 12.8 Å². The van der Waals surface area contributed by atoms with E-state index >= 15 is 0 Å². The van der Waals surface area contributed by atoms with E-state index < -0.39 is 5.97 Å². The van der Waals surface area contributed by atoms with E-state index in [4.69, 9.17) is 5.11 Å². The lowest BCUT2D eigenvalue weighted by Gasteiger charge is -2.15. The summed E-state index contributed by atoms with van der Waals surface area (Å²) in [4.78, 5) is 22.8. The zero-order chi connectivity index (χ0) is 9.84. The van der Waals surface area contributed by atoms with E-state index in [0.717, 1.165) is 0 Å². The van der Waals surface area contributed by atoms with Crippen LogP contribution in [0, 0.1) is 0 Å². The van der Waals surface area contributed by atoms with E-state index in [0.29, 0.717) is 18.7 Å². The second-order valence-corrected chi connectivity index (χ2v) is 2.81. The summed E-state index contributed by atoms with van der Waals surface area (Å²) in [6, 6.07) is 0. The van der Waals surface area contributed by atoms with E-state index in [1.807, 2.05) is 0 Å². The molecule has 0 bridgehead atoms. The van der Waals surface area contributed by atoms with Crippen LogP contribution in [0.25, 0.3) is 0 Å². The van der Waals surface area contributed by atoms with Gasteiger partial charge in [0.2, 0.25) is 0 Å². The lowest BCUT2D eigenvalue weighted by Crippen LogP contribution is -2.25. The Hall–Kier alpha value is -1.58. The van der Waals surface area contributed by atoms with Crippen LogP contribution >= 0.6 is 0 Å². The summed E-state index contributed by atoms with van der Waals surface area (Å²) in [6.45, 7) is 4.08. The first-order chi connectivity index (χ1) is 6.11. The molecule has 0 spiro atoms. The van der Waals surface area contributed by atoms with Crippen LogP contribution in [0.4, 0.5) is 0 Å². The molecular weight excluding hydrogens is 170 g/mol. The first-order valence-corrected chi connectivity index (χ1v) is 4.01. The third-order valence-electron chi connectivity index (χ3n) is 1.80. The van der Waals surface area contributed by atoms with Crippen LogP contribution in [0.1, 0.15) is 12.8 Å². The van der Waals surface area contributed by atoms with Gasteiger partial charge in [0.05, 0.1) is 0 Å². The molecule has 0 radical (unpaired) electrons. The number of amides is 1. The Bertz CT molecular complexity index is 263. The van der Waals surface area contributed by atoms with Crippen LogP contribution in [-0.4, -0.2) is 28.4 Å². The van der Waals surface area contributed by atoms with Crippen LogP contribution in [0.3, 0.4) is 0 Å². The number of nitrogens with zero attached hydrogens (tertiary/aromatic N) is 1. The molecule has 0 aromatic heterocycles. The van der Waals surface area contributed by atoms with E-state index in [-0.39, 0.29) is 12.3 Å². The van der Waals surface area contributed by atoms with Gasteiger partial charge in [-0.2, -0.15) is 0 Å². The number of hydrogen-bond acceptors (Lipinski definition) is 2. The third-order valence-corrected chi connectivity index (χ3v) is 1.80. The quantitative estimate of drug-likeness (QED) is 0.696. The maximum Gasteiger partial charge on any atom is 0.303 e. The Balaban J connectivity index is 2.34. The zero-order valence-corrected chi connectivity index (χ0v) is 7.19. The number of carbonyl (C=O) groups excluding carboxylic acids is 1. The lowest BCUT2D eigenvalue weighted by atomic mass is 10.3. The second kappa shape index (κ2) is 3.89. The van der Waals surface area contributed by atoms with Crippen LogP contribution in [0.15, 0.2) is 24.4 Å². The molecule has 0 saturated carbocycles. The molecule has 1 rings (SSSR count). The number of hydrogen-bond donors (Lipinski definition) is 1. The van der Waals surface area contributed by atoms with Gasteiger partial charge in [-0.25, -0.2) is 0 Å². The summed E-state index contributed by atoms with van der Waals surface area (Å²) >= 11 is 0. The second-order valence-electron chi connectivity index (χ2n) is 2.81. The molecular formula is C9H11NO3. The van der Waals surface area contributed by atoms with Gasteiger partial charge in [0.25, 0.3) is 5.91 Å². The molecule has 0 aromatic rings. The van der Waals surface area contributed by atoms with E-state index in [2.05, 4.69) is 6.58 Å². The van der Waals surface area contributed by atoms with Gasteiger partial charge in [-0.3, -0.25) is 9.59 Å². The minimum absolute atomic E-state index is 0.0804. The van der Waals surface area contributed by atoms with Gasteiger partial charge in [-0.1, -0.05) is 6.58 Å². The van der Waals surface area contributed by atoms with E-state index in [1.54, 1.807) is 6.08 Å². The average Bonchev–Trinajstić information content (AvgIpc) is 2.34. The van der Waals surface area contributed by atoms with Gasteiger partial charge in [0, 0.05) is 24.7 Å². The maximum absolute atomic E-state index is 11.1. The van der Waals surface area contributed by atoms with Crippen molar-refractivity contribution < 1.29 is 14.7 Å². The fourth-order valence-corrected chi connectivity index (χ4v) is 1.13. The molecule has 0 saturated heterocycles. The Morgan fingerprint density at radius 1 is 1.54 bits per heavy atom. The molecule has 1 N–H and O–H groups in total. The summed E-state index contributed by atoms with van der Waals surface area (Å²) < 4.78 is 0. The van der Waals surface area contributed by atoms with Crippen LogP contribution < -0.4 is 0 Å². The van der Waals surface area contributed by atoms with Crippen LogP contribution in [0.2, 0.25) is 0 Å². The number of allylic oxidation sites excluding steroid dienone is 1. The molecule has 1 aliphatic heterocycles. The molecule has 4 heteroatoms. The molecule has 1 amide bonds. The van der Waals surface area contributed by atoms with Crippen molar-refractivity contribution in [2.24, 2.45) is 0 Å². The van der Waals surface area contributed by atoms with Crippen molar-refractivity contribution in [1.29, 1.82) is 0 Å². The summed E-state index contributed by atoms with van der Waals surface area (Å²) in [7, 11) is 0. The van der Waals surface area contributed by atoms with E-state index in [9.17, 15) is 9.59 Å². The van der Waals surface area contributed by atoms with Gasteiger partial charge in [0.15, 0.2) is 0 Å². The summed E-state index contributed by atoms with van der Waals surface area (Å²) in [6.07, 6.45) is 3.60. The van der Waals surface area contributed by atoms with Gasteiger partial charge < -0.3 is 10.0 Å².